The van der Waals surface area contributed by atoms with E-state index in [0.717, 1.165) is 5.56 Å². The van der Waals surface area contributed by atoms with Gasteiger partial charge in [0.15, 0.2) is 0 Å². The average molecular weight is 296 g/mol. The summed E-state index contributed by atoms with van der Waals surface area (Å²) in [6.07, 6.45) is -4.64. The van der Waals surface area contributed by atoms with Crippen molar-refractivity contribution in [1.29, 1.82) is 0 Å². The SMILES string of the molecule is O=C(O)CN(CC(F)(F)F)C(=O)NCc1ccsc1. The summed E-state index contributed by atoms with van der Waals surface area (Å²) in [7, 11) is 0. The lowest BCUT2D eigenvalue weighted by atomic mass is 10.3. The highest BCUT2D eigenvalue weighted by Crippen LogP contribution is 2.16. The predicted molar refractivity (Wildman–Crippen MR) is 61.8 cm³/mol. The van der Waals surface area contributed by atoms with Crippen molar-refractivity contribution in [3.8, 4) is 0 Å². The second-order valence-electron chi connectivity index (χ2n) is 3.66. The van der Waals surface area contributed by atoms with Gasteiger partial charge in [0.1, 0.15) is 13.1 Å². The summed E-state index contributed by atoms with van der Waals surface area (Å²) < 4.78 is 36.7. The summed E-state index contributed by atoms with van der Waals surface area (Å²) in [6.45, 7) is -2.56. The molecular weight excluding hydrogens is 285 g/mol. The first-order valence-electron chi connectivity index (χ1n) is 5.10. The number of carbonyl (C=O) groups is 2. The van der Waals surface area contributed by atoms with Crippen molar-refractivity contribution < 1.29 is 27.9 Å². The normalized spacial score (nSPS) is 11.1. The van der Waals surface area contributed by atoms with Gasteiger partial charge in [-0.15, -0.1) is 0 Å². The third kappa shape index (κ3) is 6.09. The van der Waals surface area contributed by atoms with E-state index in [9.17, 15) is 22.8 Å². The van der Waals surface area contributed by atoms with Crippen molar-refractivity contribution in [3.05, 3.63) is 22.4 Å². The summed E-state index contributed by atoms with van der Waals surface area (Å²) in [5.41, 5.74) is 0.737. The van der Waals surface area contributed by atoms with Gasteiger partial charge in [-0.1, -0.05) is 0 Å². The predicted octanol–water partition coefficient (Wildman–Crippen LogP) is 1.91. The fourth-order valence-electron chi connectivity index (χ4n) is 1.26. The molecule has 1 aromatic heterocycles. The number of halogens is 3. The maximum atomic E-state index is 12.2. The molecule has 0 saturated heterocycles. The zero-order chi connectivity index (χ0) is 14.5. The van der Waals surface area contributed by atoms with Crippen LogP contribution in [0.5, 0.6) is 0 Å². The number of alkyl halides is 3. The standard InChI is InChI=1S/C10H11F3N2O3S/c11-10(12,13)6-15(4-8(16)17)9(18)14-3-7-1-2-19-5-7/h1-2,5H,3-4,6H2,(H,14,18)(H,16,17). The van der Waals surface area contributed by atoms with E-state index in [1.807, 2.05) is 0 Å². The minimum absolute atomic E-state index is 0.0519. The van der Waals surface area contributed by atoms with Crippen LogP contribution in [0.3, 0.4) is 0 Å². The van der Waals surface area contributed by atoms with Crippen molar-refractivity contribution in [2.45, 2.75) is 12.7 Å². The summed E-state index contributed by atoms with van der Waals surface area (Å²) in [5, 5.41) is 14.2. The first-order chi connectivity index (χ1) is 8.78. The molecule has 9 heteroatoms. The summed E-state index contributed by atoms with van der Waals surface area (Å²) >= 11 is 1.38. The summed E-state index contributed by atoms with van der Waals surface area (Å²) in [6, 6.07) is 0.641. The number of aliphatic carboxylic acids is 1. The van der Waals surface area contributed by atoms with Gasteiger partial charge in [0, 0.05) is 6.54 Å². The number of nitrogens with one attached hydrogen (secondary N) is 1. The fourth-order valence-corrected chi connectivity index (χ4v) is 1.93. The molecule has 106 valence electrons. The quantitative estimate of drug-likeness (QED) is 0.872. The fraction of sp³-hybridized carbons (Fsp3) is 0.400. The first kappa shape index (κ1) is 15.3. The molecule has 0 radical (unpaired) electrons. The molecular formula is C10H11F3N2O3S. The van der Waals surface area contributed by atoms with Crippen LogP contribution in [0.25, 0.3) is 0 Å². The summed E-state index contributed by atoms with van der Waals surface area (Å²) in [5.74, 6) is -1.50. The van der Waals surface area contributed by atoms with Gasteiger partial charge in [-0.2, -0.15) is 24.5 Å². The highest BCUT2D eigenvalue weighted by Gasteiger charge is 2.33. The van der Waals surface area contributed by atoms with Crippen molar-refractivity contribution in [3.63, 3.8) is 0 Å². The zero-order valence-electron chi connectivity index (χ0n) is 9.61. The molecule has 1 rings (SSSR count). The molecule has 1 heterocycles. The van der Waals surface area contributed by atoms with E-state index in [-0.39, 0.29) is 11.4 Å². The first-order valence-corrected chi connectivity index (χ1v) is 6.04. The minimum Gasteiger partial charge on any atom is -0.480 e. The highest BCUT2D eigenvalue weighted by molar-refractivity contribution is 7.07. The second-order valence-corrected chi connectivity index (χ2v) is 4.44. The van der Waals surface area contributed by atoms with Crippen molar-refractivity contribution in [1.82, 2.24) is 10.2 Å². The third-order valence-corrected chi connectivity index (χ3v) is 2.74. The largest absolute Gasteiger partial charge is 0.480 e. The number of rotatable bonds is 5. The van der Waals surface area contributed by atoms with Gasteiger partial charge in [-0.05, 0) is 22.4 Å². The molecule has 0 aliphatic carbocycles. The molecule has 0 bridgehead atoms. The molecule has 2 amide bonds. The van der Waals surface area contributed by atoms with E-state index in [2.05, 4.69) is 5.32 Å². The van der Waals surface area contributed by atoms with Gasteiger partial charge >= 0.3 is 18.2 Å². The Balaban J connectivity index is 2.57. The molecule has 1 aromatic rings. The summed E-state index contributed by atoms with van der Waals surface area (Å²) in [4.78, 5) is 22.2. The van der Waals surface area contributed by atoms with Gasteiger partial charge in [-0.25, -0.2) is 4.79 Å². The molecule has 5 nitrogen and oxygen atoms in total. The van der Waals surface area contributed by atoms with Crippen LogP contribution in [-0.2, 0) is 11.3 Å². The second kappa shape index (κ2) is 6.41. The Morgan fingerprint density at radius 3 is 2.58 bits per heavy atom. The van der Waals surface area contributed by atoms with E-state index < -0.39 is 31.3 Å². The van der Waals surface area contributed by atoms with E-state index >= 15 is 0 Å². The van der Waals surface area contributed by atoms with Crippen LogP contribution in [0.1, 0.15) is 5.56 Å². The molecule has 0 aliphatic rings. The van der Waals surface area contributed by atoms with Crippen LogP contribution < -0.4 is 5.32 Å². The van der Waals surface area contributed by atoms with Gasteiger partial charge in [0.2, 0.25) is 0 Å². The van der Waals surface area contributed by atoms with Crippen molar-refractivity contribution in [2.24, 2.45) is 0 Å². The third-order valence-electron chi connectivity index (χ3n) is 2.01. The Kier molecular flexibility index (Phi) is 5.16. The van der Waals surface area contributed by atoms with E-state index in [1.54, 1.807) is 16.8 Å². The van der Waals surface area contributed by atoms with Crippen molar-refractivity contribution >= 4 is 23.3 Å². The van der Waals surface area contributed by atoms with Crippen LogP contribution in [0.4, 0.5) is 18.0 Å². The van der Waals surface area contributed by atoms with Gasteiger partial charge in [0.25, 0.3) is 0 Å². The Labute approximate surface area is 110 Å². The van der Waals surface area contributed by atoms with Crippen LogP contribution in [-0.4, -0.2) is 41.3 Å². The lowest BCUT2D eigenvalue weighted by molar-refractivity contribution is -0.148. The lowest BCUT2D eigenvalue weighted by Crippen LogP contribution is -2.46. The van der Waals surface area contributed by atoms with Gasteiger partial charge in [-0.3, -0.25) is 4.79 Å². The number of carbonyl (C=O) groups excluding carboxylic acids is 1. The van der Waals surface area contributed by atoms with Crippen molar-refractivity contribution in [2.75, 3.05) is 13.1 Å². The molecule has 0 unspecified atom stereocenters. The molecule has 19 heavy (non-hydrogen) atoms. The van der Waals surface area contributed by atoms with Gasteiger partial charge in [0.05, 0.1) is 0 Å². The van der Waals surface area contributed by atoms with Gasteiger partial charge < -0.3 is 15.3 Å². The molecule has 0 aliphatic heterocycles. The number of carboxylic acids is 1. The molecule has 0 spiro atoms. The molecule has 0 fully saturated rings. The van der Waals surface area contributed by atoms with Crippen LogP contribution in [0.15, 0.2) is 16.8 Å². The Morgan fingerprint density at radius 2 is 2.11 bits per heavy atom. The number of hydrogen-bond donors (Lipinski definition) is 2. The topological polar surface area (TPSA) is 69.6 Å². The average Bonchev–Trinajstić information content (AvgIpc) is 2.75. The molecule has 0 aromatic carbocycles. The molecule has 0 saturated carbocycles. The smallest absolute Gasteiger partial charge is 0.406 e. The molecule has 2 N–H and O–H groups in total. The monoisotopic (exact) mass is 296 g/mol. The highest BCUT2D eigenvalue weighted by atomic mass is 32.1. The Morgan fingerprint density at radius 1 is 1.42 bits per heavy atom. The Hall–Kier alpha value is -1.77. The maximum Gasteiger partial charge on any atom is 0.406 e. The lowest BCUT2D eigenvalue weighted by Gasteiger charge is -2.22. The van der Waals surface area contributed by atoms with Crippen LogP contribution >= 0.6 is 11.3 Å². The van der Waals surface area contributed by atoms with E-state index in [0.29, 0.717) is 0 Å². The number of carboxylic acid groups (broad SMARTS) is 1. The zero-order valence-corrected chi connectivity index (χ0v) is 10.4. The number of amides is 2. The number of hydrogen-bond acceptors (Lipinski definition) is 3. The van der Waals surface area contributed by atoms with E-state index in [4.69, 9.17) is 5.11 Å². The Bertz CT molecular complexity index is 434. The maximum absolute atomic E-state index is 12.2. The molecule has 0 atom stereocenters. The number of urea groups is 1. The van der Waals surface area contributed by atoms with E-state index in [1.165, 1.54) is 11.3 Å². The van der Waals surface area contributed by atoms with Crippen LogP contribution in [0.2, 0.25) is 0 Å². The van der Waals surface area contributed by atoms with Crippen LogP contribution in [0, 0.1) is 0 Å². The minimum atomic E-state index is -4.64. The number of nitrogens with zero attached hydrogens (tertiary/aromatic N) is 1. The number of thiophene rings is 1.